The van der Waals surface area contributed by atoms with E-state index >= 15 is 0 Å². The Morgan fingerprint density at radius 1 is 0.758 bits per heavy atom. The van der Waals surface area contributed by atoms with Crippen LogP contribution in [0.25, 0.3) is 11.1 Å². The fourth-order valence-corrected chi connectivity index (χ4v) is 3.85. The summed E-state index contributed by atoms with van der Waals surface area (Å²) in [5.74, 6) is 1.28. The lowest BCUT2D eigenvalue weighted by Crippen LogP contribution is -2.17. The fourth-order valence-electron chi connectivity index (χ4n) is 3.28. The van der Waals surface area contributed by atoms with Gasteiger partial charge in [-0.3, -0.25) is 9.52 Å². The molecular weight excluding hydrogens is 432 g/mol. The van der Waals surface area contributed by atoms with Gasteiger partial charge in [-0.05, 0) is 72.6 Å². The number of rotatable bonds is 8. The highest BCUT2D eigenvalue weighted by molar-refractivity contribution is 7.97. The number of amides is 1. The molecule has 0 radical (unpaired) electrons. The number of nitrogens with zero attached hydrogens (tertiary/aromatic N) is 2. The normalized spacial score (nSPS) is 10.5. The molecule has 4 aromatic rings. The van der Waals surface area contributed by atoms with Gasteiger partial charge in [0.1, 0.15) is 18.0 Å². The summed E-state index contributed by atoms with van der Waals surface area (Å²) in [6.07, 6.45) is 1.53. The molecule has 7 nitrogen and oxygen atoms in total. The first-order chi connectivity index (χ1) is 16.1. The average molecular weight is 457 g/mol. The van der Waals surface area contributed by atoms with Crippen molar-refractivity contribution in [2.24, 2.45) is 0 Å². The number of anilines is 4. The Kier molecular flexibility index (Phi) is 7.19. The SMILES string of the molecule is CNSc1cccc(Nc2cc(Nc3cccc(-c4ccc(C(=O)NC)cc4)c3)ncn2)c1. The molecule has 0 aliphatic rings. The zero-order valence-corrected chi connectivity index (χ0v) is 19.1. The first-order valence-electron chi connectivity index (χ1n) is 10.4. The lowest BCUT2D eigenvalue weighted by molar-refractivity contribution is 0.0963. The number of carbonyl (C=O) groups excluding carboxylic acids is 1. The Hall–Kier alpha value is -3.88. The van der Waals surface area contributed by atoms with Crippen molar-refractivity contribution in [3.8, 4) is 11.1 Å². The van der Waals surface area contributed by atoms with Crippen LogP contribution >= 0.6 is 11.9 Å². The topological polar surface area (TPSA) is 91.0 Å². The molecule has 0 aliphatic heterocycles. The predicted octanol–water partition coefficient (Wildman–Crippen LogP) is 5.22. The van der Waals surface area contributed by atoms with Crippen molar-refractivity contribution in [3.63, 3.8) is 0 Å². The highest BCUT2D eigenvalue weighted by atomic mass is 32.2. The maximum absolute atomic E-state index is 11.8. The monoisotopic (exact) mass is 456 g/mol. The van der Waals surface area contributed by atoms with Gasteiger partial charge in [-0.2, -0.15) is 0 Å². The van der Waals surface area contributed by atoms with E-state index in [4.69, 9.17) is 0 Å². The molecule has 0 saturated heterocycles. The molecule has 3 aromatic carbocycles. The molecule has 4 N–H and O–H groups in total. The summed E-state index contributed by atoms with van der Waals surface area (Å²) in [4.78, 5) is 21.5. The van der Waals surface area contributed by atoms with Gasteiger partial charge in [-0.1, -0.05) is 30.3 Å². The molecule has 8 heteroatoms. The summed E-state index contributed by atoms with van der Waals surface area (Å²) in [6.45, 7) is 0. The third kappa shape index (κ3) is 5.88. The zero-order valence-electron chi connectivity index (χ0n) is 18.3. The highest BCUT2D eigenvalue weighted by Crippen LogP contribution is 2.26. The van der Waals surface area contributed by atoms with Gasteiger partial charge >= 0.3 is 0 Å². The molecule has 1 heterocycles. The first-order valence-corrected chi connectivity index (χ1v) is 11.2. The Morgan fingerprint density at radius 3 is 2.09 bits per heavy atom. The van der Waals surface area contributed by atoms with Crippen molar-refractivity contribution in [2.45, 2.75) is 4.90 Å². The molecular formula is C25H24N6OS. The van der Waals surface area contributed by atoms with E-state index in [1.165, 1.54) is 6.33 Å². The Bertz CT molecular complexity index is 1250. The van der Waals surface area contributed by atoms with Gasteiger partial charge in [0.15, 0.2) is 0 Å². The van der Waals surface area contributed by atoms with Crippen molar-refractivity contribution in [3.05, 3.63) is 90.8 Å². The molecule has 0 bridgehead atoms. The van der Waals surface area contributed by atoms with Crippen LogP contribution in [0.5, 0.6) is 0 Å². The Balaban J connectivity index is 1.48. The molecule has 0 unspecified atom stereocenters. The standard InChI is InChI=1S/C25H24N6OS/c1-26-25(32)18-11-9-17(10-12-18)19-5-3-6-20(13-19)30-23-15-24(29-16-28-23)31-21-7-4-8-22(14-21)33-27-2/h3-16,27H,1-2H3,(H,26,32)(H2,28,29,30,31). The van der Waals surface area contributed by atoms with Crippen molar-refractivity contribution in [1.82, 2.24) is 20.0 Å². The molecule has 166 valence electrons. The van der Waals surface area contributed by atoms with Crippen molar-refractivity contribution >= 4 is 40.9 Å². The summed E-state index contributed by atoms with van der Waals surface area (Å²) in [7, 11) is 3.52. The molecule has 0 fully saturated rings. The smallest absolute Gasteiger partial charge is 0.251 e. The summed E-state index contributed by atoms with van der Waals surface area (Å²) in [6, 6.07) is 25.5. The van der Waals surface area contributed by atoms with Gasteiger partial charge < -0.3 is 16.0 Å². The van der Waals surface area contributed by atoms with Gasteiger partial charge in [-0.25, -0.2) is 9.97 Å². The summed E-state index contributed by atoms with van der Waals surface area (Å²) in [5, 5.41) is 9.30. The molecule has 1 amide bonds. The van der Waals surface area contributed by atoms with Gasteiger partial charge in [0.05, 0.1) is 0 Å². The molecule has 0 aliphatic carbocycles. The van der Waals surface area contributed by atoms with Crippen LogP contribution in [0.2, 0.25) is 0 Å². The molecule has 0 saturated carbocycles. The van der Waals surface area contributed by atoms with E-state index in [1.807, 2.05) is 79.8 Å². The number of aromatic nitrogens is 2. The minimum absolute atomic E-state index is 0.0994. The highest BCUT2D eigenvalue weighted by Gasteiger charge is 2.06. The quantitative estimate of drug-likeness (QED) is 0.270. The van der Waals surface area contributed by atoms with E-state index in [1.54, 1.807) is 19.0 Å². The van der Waals surface area contributed by atoms with Crippen LogP contribution in [-0.4, -0.2) is 30.0 Å². The van der Waals surface area contributed by atoms with E-state index in [2.05, 4.69) is 36.7 Å². The average Bonchev–Trinajstić information content (AvgIpc) is 2.84. The molecule has 0 atom stereocenters. The lowest BCUT2D eigenvalue weighted by Gasteiger charge is -2.11. The molecule has 4 rings (SSSR count). The van der Waals surface area contributed by atoms with Gasteiger partial charge in [0.25, 0.3) is 5.91 Å². The zero-order chi connectivity index (χ0) is 23.0. The van der Waals surface area contributed by atoms with Crippen LogP contribution in [0.15, 0.2) is 90.1 Å². The fraction of sp³-hybridized carbons (Fsp3) is 0.0800. The van der Waals surface area contributed by atoms with Gasteiger partial charge in [-0.15, -0.1) is 0 Å². The summed E-state index contributed by atoms with van der Waals surface area (Å²) in [5.41, 5.74) is 4.54. The predicted molar refractivity (Wildman–Crippen MR) is 135 cm³/mol. The number of hydrogen-bond donors (Lipinski definition) is 4. The second-order valence-corrected chi connectivity index (χ2v) is 8.19. The molecule has 33 heavy (non-hydrogen) atoms. The third-order valence-electron chi connectivity index (χ3n) is 4.84. The van der Waals surface area contributed by atoms with Crippen molar-refractivity contribution in [1.29, 1.82) is 0 Å². The maximum Gasteiger partial charge on any atom is 0.251 e. The third-order valence-corrected chi connectivity index (χ3v) is 5.53. The van der Waals surface area contributed by atoms with Crippen LogP contribution in [0.4, 0.5) is 23.0 Å². The van der Waals surface area contributed by atoms with Crippen LogP contribution in [0, 0.1) is 0 Å². The first kappa shape index (κ1) is 22.3. The number of benzene rings is 3. The van der Waals surface area contributed by atoms with Crippen LogP contribution in [-0.2, 0) is 0 Å². The minimum Gasteiger partial charge on any atom is -0.355 e. The van der Waals surface area contributed by atoms with E-state index in [9.17, 15) is 4.79 Å². The maximum atomic E-state index is 11.8. The summed E-state index contributed by atoms with van der Waals surface area (Å²) >= 11 is 1.55. The largest absolute Gasteiger partial charge is 0.355 e. The van der Waals surface area contributed by atoms with Crippen LogP contribution < -0.4 is 20.7 Å². The van der Waals surface area contributed by atoms with Gasteiger partial charge in [0, 0.05) is 34.9 Å². The summed E-state index contributed by atoms with van der Waals surface area (Å²) < 4.78 is 3.07. The second kappa shape index (κ2) is 10.6. The number of hydrogen-bond acceptors (Lipinski definition) is 7. The number of carbonyl (C=O) groups is 1. The van der Waals surface area contributed by atoms with Crippen molar-refractivity contribution < 1.29 is 4.79 Å². The van der Waals surface area contributed by atoms with Crippen LogP contribution in [0.1, 0.15) is 10.4 Å². The Morgan fingerprint density at radius 2 is 1.42 bits per heavy atom. The lowest BCUT2D eigenvalue weighted by atomic mass is 10.0. The van der Waals surface area contributed by atoms with E-state index in [-0.39, 0.29) is 5.91 Å². The van der Waals surface area contributed by atoms with E-state index in [0.29, 0.717) is 17.2 Å². The molecule has 0 spiro atoms. The van der Waals surface area contributed by atoms with Gasteiger partial charge in [0.2, 0.25) is 0 Å². The van der Waals surface area contributed by atoms with Crippen LogP contribution in [0.3, 0.4) is 0 Å². The van der Waals surface area contributed by atoms with E-state index < -0.39 is 0 Å². The minimum atomic E-state index is -0.0994. The Labute approximate surface area is 197 Å². The van der Waals surface area contributed by atoms with E-state index in [0.717, 1.165) is 27.4 Å². The number of nitrogens with one attached hydrogen (secondary N) is 4. The second-order valence-electron chi connectivity index (χ2n) is 7.11. The van der Waals surface area contributed by atoms with Crippen molar-refractivity contribution in [2.75, 3.05) is 24.7 Å². The molecule has 1 aromatic heterocycles.